The second-order valence-electron chi connectivity index (χ2n) is 6.78. The van der Waals surface area contributed by atoms with Crippen LogP contribution in [-0.2, 0) is 13.1 Å². The normalized spacial score (nSPS) is 15.6. The van der Waals surface area contributed by atoms with E-state index < -0.39 is 0 Å². The zero-order chi connectivity index (χ0) is 18.6. The predicted molar refractivity (Wildman–Crippen MR) is 119 cm³/mol. The standard InChI is InChI=1S/C19H25N7O.HI/c1-15-4-3-5-18-22-17(14-26(15)18)12-21-19(20-2)25-9-7-24(8-10-25)13-16-6-11-27-23-16;/h3-6,11,14H,7-10,12-13H2,1-2H3,(H,20,21);1H. The van der Waals surface area contributed by atoms with E-state index in [-0.39, 0.29) is 24.0 Å². The first-order chi connectivity index (χ1) is 13.2. The molecule has 1 fully saturated rings. The van der Waals surface area contributed by atoms with Crippen LogP contribution in [-0.4, -0.2) is 63.5 Å². The van der Waals surface area contributed by atoms with Crippen LogP contribution in [0.1, 0.15) is 17.1 Å². The van der Waals surface area contributed by atoms with Gasteiger partial charge in [-0.3, -0.25) is 9.89 Å². The number of aryl methyl sites for hydroxylation is 1. The fourth-order valence-electron chi connectivity index (χ4n) is 3.45. The molecule has 28 heavy (non-hydrogen) atoms. The number of pyridine rings is 1. The van der Waals surface area contributed by atoms with Crippen molar-refractivity contribution in [3.63, 3.8) is 0 Å². The Morgan fingerprint density at radius 3 is 2.68 bits per heavy atom. The van der Waals surface area contributed by atoms with Gasteiger partial charge in [-0.1, -0.05) is 11.2 Å². The van der Waals surface area contributed by atoms with Crippen LogP contribution in [0, 0.1) is 6.92 Å². The Hall–Kier alpha value is -2.14. The van der Waals surface area contributed by atoms with E-state index in [1.807, 2.05) is 25.2 Å². The van der Waals surface area contributed by atoms with Crippen LogP contribution >= 0.6 is 24.0 Å². The van der Waals surface area contributed by atoms with E-state index in [1.54, 1.807) is 6.26 Å². The Morgan fingerprint density at radius 1 is 1.18 bits per heavy atom. The lowest BCUT2D eigenvalue weighted by molar-refractivity contribution is 0.169. The van der Waals surface area contributed by atoms with Crippen LogP contribution in [0.3, 0.4) is 0 Å². The average Bonchev–Trinajstić information content (AvgIpc) is 3.34. The molecule has 1 aliphatic rings. The third-order valence-electron chi connectivity index (χ3n) is 4.93. The summed E-state index contributed by atoms with van der Waals surface area (Å²) in [4.78, 5) is 13.8. The molecule has 0 spiro atoms. The highest BCUT2D eigenvalue weighted by atomic mass is 127. The fraction of sp³-hybridized carbons (Fsp3) is 0.421. The lowest BCUT2D eigenvalue weighted by atomic mass is 10.3. The first-order valence-corrected chi connectivity index (χ1v) is 9.24. The molecule has 9 heteroatoms. The zero-order valence-electron chi connectivity index (χ0n) is 16.2. The van der Waals surface area contributed by atoms with E-state index in [0.29, 0.717) is 6.54 Å². The largest absolute Gasteiger partial charge is 0.364 e. The van der Waals surface area contributed by atoms with Gasteiger partial charge in [-0.2, -0.15) is 0 Å². The van der Waals surface area contributed by atoms with Gasteiger partial charge in [-0.25, -0.2) is 4.98 Å². The van der Waals surface area contributed by atoms with Gasteiger partial charge in [0, 0.05) is 57.7 Å². The van der Waals surface area contributed by atoms with Crippen molar-refractivity contribution in [2.24, 2.45) is 4.99 Å². The number of aromatic nitrogens is 3. The molecule has 1 N–H and O–H groups in total. The molecule has 1 aliphatic heterocycles. The second kappa shape index (κ2) is 9.37. The number of guanidine groups is 1. The molecule has 0 radical (unpaired) electrons. The van der Waals surface area contributed by atoms with E-state index in [4.69, 9.17) is 4.52 Å². The topological polar surface area (TPSA) is 74.2 Å². The summed E-state index contributed by atoms with van der Waals surface area (Å²) in [5.41, 5.74) is 4.14. The van der Waals surface area contributed by atoms with Crippen LogP contribution in [0.25, 0.3) is 5.65 Å². The molecular weight excluding hydrogens is 469 g/mol. The minimum Gasteiger partial charge on any atom is -0.364 e. The molecule has 3 aromatic rings. The number of aliphatic imine (C=N–C) groups is 1. The molecule has 0 unspecified atom stereocenters. The van der Waals surface area contributed by atoms with Gasteiger partial charge in [-0.15, -0.1) is 24.0 Å². The monoisotopic (exact) mass is 495 g/mol. The number of nitrogens with one attached hydrogen (secondary N) is 1. The van der Waals surface area contributed by atoms with E-state index >= 15 is 0 Å². The molecule has 1 saturated heterocycles. The highest BCUT2D eigenvalue weighted by Crippen LogP contribution is 2.10. The predicted octanol–water partition coefficient (Wildman–Crippen LogP) is 2.14. The lowest BCUT2D eigenvalue weighted by Crippen LogP contribution is -2.52. The maximum absolute atomic E-state index is 4.91. The van der Waals surface area contributed by atoms with Crippen LogP contribution in [0.15, 0.2) is 46.2 Å². The molecule has 4 rings (SSSR count). The SMILES string of the molecule is CN=C(NCc1cn2c(C)cccc2n1)N1CCN(Cc2ccon2)CC1.I. The summed E-state index contributed by atoms with van der Waals surface area (Å²) in [6.07, 6.45) is 3.71. The Morgan fingerprint density at radius 2 is 2.00 bits per heavy atom. The first-order valence-electron chi connectivity index (χ1n) is 9.24. The lowest BCUT2D eigenvalue weighted by Gasteiger charge is -2.36. The number of hydrogen-bond acceptors (Lipinski definition) is 5. The van der Waals surface area contributed by atoms with Gasteiger partial charge in [0.25, 0.3) is 0 Å². The zero-order valence-corrected chi connectivity index (χ0v) is 18.5. The smallest absolute Gasteiger partial charge is 0.194 e. The minimum absolute atomic E-state index is 0. The third-order valence-corrected chi connectivity index (χ3v) is 4.93. The number of nitrogens with zero attached hydrogens (tertiary/aromatic N) is 6. The maximum Gasteiger partial charge on any atom is 0.194 e. The molecule has 0 saturated carbocycles. The summed E-state index contributed by atoms with van der Waals surface area (Å²) in [6, 6.07) is 8.07. The number of piperazine rings is 1. The average molecular weight is 495 g/mol. The Labute approximate surface area is 181 Å². The number of halogens is 1. The van der Waals surface area contributed by atoms with Gasteiger partial charge in [0.2, 0.25) is 0 Å². The highest BCUT2D eigenvalue weighted by Gasteiger charge is 2.20. The van der Waals surface area contributed by atoms with Crippen molar-refractivity contribution in [1.82, 2.24) is 29.7 Å². The fourth-order valence-corrected chi connectivity index (χ4v) is 3.45. The Kier molecular flexibility index (Phi) is 6.89. The van der Waals surface area contributed by atoms with Gasteiger partial charge >= 0.3 is 0 Å². The maximum atomic E-state index is 4.91. The van der Waals surface area contributed by atoms with E-state index in [2.05, 4.69) is 53.8 Å². The van der Waals surface area contributed by atoms with Crippen LogP contribution < -0.4 is 5.32 Å². The van der Waals surface area contributed by atoms with Gasteiger partial charge in [0.1, 0.15) is 11.9 Å². The van der Waals surface area contributed by atoms with Crippen molar-refractivity contribution in [2.75, 3.05) is 33.2 Å². The van der Waals surface area contributed by atoms with Crippen molar-refractivity contribution >= 4 is 35.6 Å². The summed E-state index contributed by atoms with van der Waals surface area (Å²) in [6.45, 7) is 7.39. The molecule has 0 bridgehead atoms. The number of fused-ring (bicyclic) bond motifs is 1. The van der Waals surface area contributed by atoms with Crippen molar-refractivity contribution in [2.45, 2.75) is 20.0 Å². The van der Waals surface area contributed by atoms with Crippen molar-refractivity contribution < 1.29 is 4.52 Å². The summed E-state index contributed by atoms with van der Waals surface area (Å²) < 4.78 is 7.03. The van der Waals surface area contributed by atoms with Crippen LogP contribution in [0.4, 0.5) is 0 Å². The summed E-state index contributed by atoms with van der Waals surface area (Å²) >= 11 is 0. The highest BCUT2D eigenvalue weighted by molar-refractivity contribution is 14.0. The van der Waals surface area contributed by atoms with E-state index in [1.165, 1.54) is 5.69 Å². The summed E-state index contributed by atoms with van der Waals surface area (Å²) in [5.74, 6) is 0.921. The minimum atomic E-state index is 0. The van der Waals surface area contributed by atoms with Gasteiger partial charge in [0.05, 0.1) is 17.9 Å². The van der Waals surface area contributed by atoms with E-state index in [9.17, 15) is 0 Å². The number of hydrogen-bond donors (Lipinski definition) is 1. The molecular formula is C19H26IN7O. The number of rotatable bonds is 4. The first kappa shape index (κ1) is 20.6. The molecule has 0 aromatic carbocycles. The quantitative estimate of drug-likeness (QED) is 0.340. The van der Waals surface area contributed by atoms with Crippen molar-refractivity contribution in [3.8, 4) is 0 Å². The second-order valence-corrected chi connectivity index (χ2v) is 6.78. The number of imidazole rings is 1. The van der Waals surface area contributed by atoms with Gasteiger partial charge in [-0.05, 0) is 19.1 Å². The molecule has 8 nitrogen and oxygen atoms in total. The summed E-state index contributed by atoms with van der Waals surface area (Å²) in [5, 5.41) is 7.44. The Balaban J connectivity index is 0.00000225. The van der Waals surface area contributed by atoms with Gasteiger partial charge < -0.3 is 19.1 Å². The van der Waals surface area contributed by atoms with Crippen LogP contribution in [0.2, 0.25) is 0 Å². The third kappa shape index (κ3) is 4.64. The van der Waals surface area contributed by atoms with Gasteiger partial charge in [0.15, 0.2) is 5.96 Å². The van der Waals surface area contributed by atoms with E-state index in [0.717, 1.165) is 55.7 Å². The van der Waals surface area contributed by atoms with Crippen molar-refractivity contribution in [3.05, 3.63) is 53.8 Å². The molecule has 0 amide bonds. The molecule has 3 aromatic heterocycles. The van der Waals surface area contributed by atoms with Crippen LogP contribution in [0.5, 0.6) is 0 Å². The molecule has 150 valence electrons. The van der Waals surface area contributed by atoms with Crippen molar-refractivity contribution in [1.29, 1.82) is 0 Å². The molecule has 0 atom stereocenters. The summed E-state index contributed by atoms with van der Waals surface area (Å²) in [7, 11) is 1.83. The Bertz CT molecular complexity index is 914. The molecule has 0 aliphatic carbocycles. The molecule has 4 heterocycles.